The summed E-state index contributed by atoms with van der Waals surface area (Å²) in [6.07, 6.45) is 3.24. The summed E-state index contributed by atoms with van der Waals surface area (Å²) >= 11 is 0. The number of nitrogens with two attached hydrogens (primary N) is 1. The Hall–Kier alpha value is -0.150. The first kappa shape index (κ1) is 11.8. The summed E-state index contributed by atoms with van der Waals surface area (Å²) in [5, 5.41) is 0. The van der Waals surface area contributed by atoms with Crippen LogP contribution < -0.4 is 5.73 Å². The molecule has 2 N–H and O–H groups in total. The zero-order chi connectivity index (χ0) is 9.23. The van der Waals surface area contributed by atoms with Crippen molar-refractivity contribution in [2.24, 2.45) is 5.73 Å². The van der Waals surface area contributed by atoms with Crippen LogP contribution in [0, 0.1) is 0 Å². The van der Waals surface area contributed by atoms with E-state index in [-0.39, 0.29) is 6.67 Å². The average molecular weight is 176 g/mol. The van der Waals surface area contributed by atoms with Gasteiger partial charge in [-0.15, -0.1) is 0 Å². The molecule has 0 saturated heterocycles. The Balaban J connectivity index is 3.34. The summed E-state index contributed by atoms with van der Waals surface area (Å²) < 4.78 is 12.0. The van der Waals surface area contributed by atoms with Crippen LogP contribution in [0.15, 0.2) is 0 Å². The highest BCUT2D eigenvalue weighted by molar-refractivity contribution is 4.56. The van der Waals surface area contributed by atoms with Crippen LogP contribution >= 0.6 is 0 Å². The highest BCUT2D eigenvalue weighted by Gasteiger charge is 2.01. The van der Waals surface area contributed by atoms with Gasteiger partial charge in [-0.2, -0.15) is 0 Å². The van der Waals surface area contributed by atoms with Crippen molar-refractivity contribution in [2.45, 2.75) is 26.2 Å². The summed E-state index contributed by atoms with van der Waals surface area (Å²) in [6, 6.07) is 0. The normalized spacial score (nSPS) is 11.0. The van der Waals surface area contributed by atoms with Crippen molar-refractivity contribution in [3.63, 3.8) is 0 Å². The average Bonchev–Trinajstić information content (AvgIpc) is 2.06. The van der Waals surface area contributed by atoms with Crippen LogP contribution in [0.1, 0.15) is 26.2 Å². The van der Waals surface area contributed by atoms with Crippen molar-refractivity contribution in [1.29, 1.82) is 0 Å². The molecule has 74 valence electrons. The number of hydrogen-bond donors (Lipinski definition) is 1. The predicted octanol–water partition coefficient (Wildman–Crippen LogP) is 1.41. The minimum Gasteiger partial charge on any atom is -0.330 e. The Morgan fingerprint density at radius 3 is 2.42 bits per heavy atom. The summed E-state index contributed by atoms with van der Waals surface area (Å²) in [6.45, 7) is 5.22. The number of rotatable bonds is 8. The second-order valence-corrected chi connectivity index (χ2v) is 3.03. The van der Waals surface area contributed by atoms with Gasteiger partial charge in [0.2, 0.25) is 0 Å². The summed E-state index contributed by atoms with van der Waals surface area (Å²) in [5.41, 5.74) is 5.37. The molecule has 0 aliphatic carbocycles. The molecule has 12 heavy (non-hydrogen) atoms. The fourth-order valence-electron chi connectivity index (χ4n) is 1.25. The Kier molecular flexibility index (Phi) is 8.83. The Morgan fingerprint density at radius 2 is 1.92 bits per heavy atom. The number of hydrogen-bond acceptors (Lipinski definition) is 2. The van der Waals surface area contributed by atoms with Crippen molar-refractivity contribution >= 4 is 0 Å². The molecule has 0 aromatic heterocycles. The fraction of sp³-hybridized carbons (Fsp3) is 1.00. The first-order chi connectivity index (χ1) is 5.85. The van der Waals surface area contributed by atoms with Crippen LogP contribution in [0.3, 0.4) is 0 Å². The molecule has 3 heteroatoms. The maximum absolute atomic E-state index is 12.0. The van der Waals surface area contributed by atoms with Crippen molar-refractivity contribution in [2.75, 3.05) is 32.9 Å². The van der Waals surface area contributed by atoms with Gasteiger partial charge in [0.15, 0.2) is 0 Å². The van der Waals surface area contributed by atoms with Gasteiger partial charge < -0.3 is 10.6 Å². The molecule has 0 rings (SSSR count). The fourth-order valence-corrected chi connectivity index (χ4v) is 1.25. The molecule has 0 unspecified atom stereocenters. The van der Waals surface area contributed by atoms with Crippen LogP contribution in [-0.2, 0) is 0 Å². The predicted molar refractivity (Wildman–Crippen MR) is 51.0 cm³/mol. The standard InChI is InChI=1S/C9H21FN2/c1-2-7-12(9-5-10)8-4-3-6-11/h2-9,11H2,1H3. The third-order valence-corrected chi connectivity index (χ3v) is 1.87. The number of unbranched alkanes of at least 4 members (excludes halogenated alkanes) is 1. The van der Waals surface area contributed by atoms with E-state index in [1.54, 1.807) is 0 Å². The van der Waals surface area contributed by atoms with Gasteiger partial charge in [0, 0.05) is 6.54 Å². The van der Waals surface area contributed by atoms with Gasteiger partial charge in [0.1, 0.15) is 6.67 Å². The van der Waals surface area contributed by atoms with E-state index in [1.165, 1.54) is 0 Å². The van der Waals surface area contributed by atoms with E-state index in [2.05, 4.69) is 11.8 Å². The molecule has 2 nitrogen and oxygen atoms in total. The van der Waals surface area contributed by atoms with Crippen molar-refractivity contribution in [3.8, 4) is 0 Å². The third kappa shape index (κ3) is 6.55. The van der Waals surface area contributed by atoms with Crippen LogP contribution in [0.2, 0.25) is 0 Å². The Labute approximate surface area is 74.9 Å². The molecule has 0 bridgehead atoms. The lowest BCUT2D eigenvalue weighted by Gasteiger charge is -2.19. The van der Waals surface area contributed by atoms with E-state index in [1.807, 2.05) is 0 Å². The van der Waals surface area contributed by atoms with Crippen molar-refractivity contribution in [1.82, 2.24) is 4.90 Å². The Morgan fingerprint density at radius 1 is 1.17 bits per heavy atom. The highest BCUT2D eigenvalue weighted by atomic mass is 19.1. The second kappa shape index (κ2) is 8.94. The van der Waals surface area contributed by atoms with E-state index in [0.29, 0.717) is 6.54 Å². The minimum atomic E-state index is -0.234. The molecule has 0 saturated carbocycles. The molecule has 0 aliphatic heterocycles. The first-order valence-electron chi connectivity index (χ1n) is 4.83. The molecular formula is C9H21FN2. The zero-order valence-corrected chi connectivity index (χ0v) is 8.06. The van der Waals surface area contributed by atoms with Crippen LogP contribution in [0.25, 0.3) is 0 Å². The lowest BCUT2D eigenvalue weighted by atomic mass is 10.3. The van der Waals surface area contributed by atoms with Crippen molar-refractivity contribution in [3.05, 3.63) is 0 Å². The molecule has 0 heterocycles. The highest BCUT2D eigenvalue weighted by Crippen LogP contribution is 1.96. The van der Waals surface area contributed by atoms with Crippen LogP contribution in [0.4, 0.5) is 4.39 Å². The molecular weight excluding hydrogens is 155 g/mol. The second-order valence-electron chi connectivity index (χ2n) is 3.03. The van der Waals surface area contributed by atoms with Gasteiger partial charge in [-0.25, -0.2) is 4.39 Å². The molecule has 0 aromatic carbocycles. The largest absolute Gasteiger partial charge is 0.330 e. The van der Waals surface area contributed by atoms with Crippen molar-refractivity contribution < 1.29 is 4.39 Å². The summed E-state index contributed by atoms with van der Waals surface area (Å²) in [4.78, 5) is 2.16. The summed E-state index contributed by atoms with van der Waals surface area (Å²) in [5.74, 6) is 0. The minimum absolute atomic E-state index is 0.234. The van der Waals surface area contributed by atoms with E-state index in [4.69, 9.17) is 5.73 Å². The van der Waals surface area contributed by atoms with E-state index < -0.39 is 0 Å². The van der Waals surface area contributed by atoms with Gasteiger partial charge in [0.25, 0.3) is 0 Å². The quantitative estimate of drug-likeness (QED) is 0.566. The Bertz CT molecular complexity index is 82.6. The summed E-state index contributed by atoms with van der Waals surface area (Å²) in [7, 11) is 0. The molecule has 0 radical (unpaired) electrons. The van der Waals surface area contributed by atoms with Gasteiger partial charge in [-0.3, -0.25) is 0 Å². The van der Waals surface area contributed by atoms with Crippen LogP contribution in [0.5, 0.6) is 0 Å². The molecule has 0 aliphatic rings. The molecule has 0 aromatic rings. The monoisotopic (exact) mass is 176 g/mol. The van der Waals surface area contributed by atoms with E-state index in [9.17, 15) is 4.39 Å². The van der Waals surface area contributed by atoms with Gasteiger partial charge >= 0.3 is 0 Å². The molecule has 0 fully saturated rings. The van der Waals surface area contributed by atoms with Gasteiger partial charge in [-0.1, -0.05) is 6.92 Å². The first-order valence-corrected chi connectivity index (χ1v) is 4.83. The molecule has 0 atom stereocenters. The lowest BCUT2D eigenvalue weighted by Crippen LogP contribution is -2.28. The van der Waals surface area contributed by atoms with E-state index in [0.717, 1.165) is 38.9 Å². The maximum Gasteiger partial charge on any atom is 0.102 e. The number of nitrogens with zero attached hydrogens (tertiary/aromatic N) is 1. The number of alkyl halides is 1. The smallest absolute Gasteiger partial charge is 0.102 e. The zero-order valence-electron chi connectivity index (χ0n) is 8.06. The third-order valence-electron chi connectivity index (χ3n) is 1.87. The van der Waals surface area contributed by atoms with Gasteiger partial charge in [0.05, 0.1) is 0 Å². The van der Waals surface area contributed by atoms with E-state index >= 15 is 0 Å². The lowest BCUT2D eigenvalue weighted by molar-refractivity contribution is 0.244. The van der Waals surface area contributed by atoms with Crippen LogP contribution in [-0.4, -0.2) is 37.8 Å². The molecule has 0 spiro atoms. The SMILES string of the molecule is CCCN(CCF)CCCCN. The number of halogens is 1. The molecule has 0 amide bonds. The topological polar surface area (TPSA) is 29.3 Å². The van der Waals surface area contributed by atoms with Gasteiger partial charge in [-0.05, 0) is 38.9 Å². The maximum atomic E-state index is 12.0.